The molecule has 1 aliphatic rings. The van der Waals surface area contributed by atoms with Crippen LogP contribution in [0, 0.1) is 5.92 Å². The summed E-state index contributed by atoms with van der Waals surface area (Å²) in [5.74, 6) is 2.73. The summed E-state index contributed by atoms with van der Waals surface area (Å²) in [5, 5.41) is 6.56. The summed E-state index contributed by atoms with van der Waals surface area (Å²) in [7, 11) is 1.98. The number of nitrogens with one attached hydrogen (secondary N) is 2. The zero-order chi connectivity index (χ0) is 13.8. The molecule has 4 N–H and O–H groups in total. The van der Waals surface area contributed by atoms with Gasteiger partial charge in [0.2, 0.25) is 5.95 Å². The fourth-order valence-electron chi connectivity index (χ4n) is 2.04. The van der Waals surface area contributed by atoms with Gasteiger partial charge in [0.1, 0.15) is 11.6 Å². The van der Waals surface area contributed by atoms with Crippen molar-refractivity contribution in [2.45, 2.75) is 26.3 Å². The van der Waals surface area contributed by atoms with Crippen molar-refractivity contribution in [1.82, 2.24) is 15.3 Å². The van der Waals surface area contributed by atoms with E-state index in [2.05, 4.69) is 39.3 Å². The van der Waals surface area contributed by atoms with E-state index in [1.54, 1.807) is 0 Å². The van der Waals surface area contributed by atoms with Crippen molar-refractivity contribution in [3.05, 3.63) is 6.07 Å². The van der Waals surface area contributed by atoms with E-state index in [4.69, 9.17) is 5.73 Å². The topological polar surface area (TPSA) is 79.1 Å². The first-order valence-electron chi connectivity index (χ1n) is 6.89. The molecule has 0 saturated carbocycles. The molecule has 0 aliphatic carbocycles. The van der Waals surface area contributed by atoms with Gasteiger partial charge in [0.15, 0.2) is 0 Å². The minimum atomic E-state index is 0.331. The lowest BCUT2D eigenvalue weighted by molar-refractivity contribution is 0.447. The van der Waals surface area contributed by atoms with Gasteiger partial charge in [0, 0.05) is 31.7 Å². The molecule has 6 nitrogen and oxygen atoms in total. The van der Waals surface area contributed by atoms with Crippen molar-refractivity contribution in [3.8, 4) is 0 Å². The third-order valence-electron chi connectivity index (χ3n) is 3.37. The minimum Gasteiger partial charge on any atom is -0.370 e. The molecule has 0 radical (unpaired) electrons. The van der Waals surface area contributed by atoms with Crippen LogP contribution in [0.4, 0.5) is 17.6 Å². The van der Waals surface area contributed by atoms with E-state index in [0.29, 0.717) is 17.9 Å². The highest BCUT2D eigenvalue weighted by atomic mass is 15.3. The van der Waals surface area contributed by atoms with Crippen LogP contribution in [0.5, 0.6) is 0 Å². The molecule has 2 heterocycles. The Morgan fingerprint density at radius 3 is 2.79 bits per heavy atom. The lowest BCUT2D eigenvalue weighted by Crippen LogP contribution is -2.57. The number of nitrogen functional groups attached to an aromatic ring is 1. The summed E-state index contributed by atoms with van der Waals surface area (Å²) in [4.78, 5) is 10.7. The van der Waals surface area contributed by atoms with Gasteiger partial charge in [0.25, 0.3) is 0 Å². The highest BCUT2D eigenvalue weighted by Crippen LogP contribution is 2.22. The van der Waals surface area contributed by atoms with Crippen molar-refractivity contribution in [1.29, 1.82) is 0 Å². The number of nitrogens with zero attached hydrogens (tertiary/aromatic N) is 3. The van der Waals surface area contributed by atoms with E-state index in [1.165, 1.54) is 0 Å². The maximum atomic E-state index is 5.77. The van der Waals surface area contributed by atoms with Crippen LogP contribution in [-0.4, -0.2) is 42.7 Å². The van der Waals surface area contributed by atoms with E-state index in [0.717, 1.165) is 37.7 Å². The second-order valence-corrected chi connectivity index (χ2v) is 5.47. The molecule has 1 aromatic rings. The summed E-state index contributed by atoms with van der Waals surface area (Å²) in [5.41, 5.74) is 5.77. The molecular formula is C13H24N6. The second-order valence-electron chi connectivity index (χ2n) is 5.47. The molecule has 2 rings (SSSR count). The van der Waals surface area contributed by atoms with Gasteiger partial charge in [-0.05, 0) is 19.4 Å². The zero-order valence-corrected chi connectivity index (χ0v) is 12.0. The summed E-state index contributed by atoms with van der Waals surface area (Å²) in [6, 6.07) is 2.52. The summed E-state index contributed by atoms with van der Waals surface area (Å²) < 4.78 is 0. The smallest absolute Gasteiger partial charge is 0.223 e. The van der Waals surface area contributed by atoms with Gasteiger partial charge >= 0.3 is 0 Å². The maximum absolute atomic E-state index is 5.77. The number of likely N-dealkylation sites (N-methyl/N-ethyl adjacent to an activating group) is 1. The molecule has 0 bridgehead atoms. The Morgan fingerprint density at radius 2 is 2.16 bits per heavy atom. The Hall–Kier alpha value is -1.56. The summed E-state index contributed by atoms with van der Waals surface area (Å²) in [6.07, 6.45) is 1.12. The van der Waals surface area contributed by atoms with Crippen LogP contribution in [0.2, 0.25) is 0 Å². The Balaban J connectivity index is 1.95. The number of nitrogens with two attached hydrogens (primary N) is 1. The van der Waals surface area contributed by atoms with E-state index >= 15 is 0 Å². The van der Waals surface area contributed by atoms with Crippen LogP contribution in [0.15, 0.2) is 6.07 Å². The lowest BCUT2D eigenvalue weighted by Gasteiger charge is -2.40. The first kappa shape index (κ1) is 13.9. The number of anilines is 3. The van der Waals surface area contributed by atoms with E-state index in [9.17, 15) is 0 Å². The average molecular weight is 264 g/mol. The van der Waals surface area contributed by atoms with Gasteiger partial charge < -0.3 is 21.3 Å². The van der Waals surface area contributed by atoms with Crippen LogP contribution in [0.25, 0.3) is 0 Å². The Labute approximate surface area is 114 Å². The second kappa shape index (κ2) is 6.06. The van der Waals surface area contributed by atoms with Crippen molar-refractivity contribution in [2.75, 3.05) is 42.6 Å². The number of hydrogen-bond donors (Lipinski definition) is 3. The third-order valence-corrected chi connectivity index (χ3v) is 3.37. The highest BCUT2D eigenvalue weighted by molar-refractivity contribution is 5.54. The quantitative estimate of drug-likeness (QED) is 0.709. The van der Waals surface area contributed by atoms with Crippen molar-refractivity contribution >= 4 is 17.6 Å². The van der Waals surface area contributed by atoms with Crippen molar-refractivity contribution in [3.63, 3.8) is 0 Å². The molecule has 1 fully saturated rings. The molecular weight excluding hydrogens is 240 g/mol. The van der Waals surface area contributed by atoms with E-state index in [1.807, 2.05) is 13.1 Å². The van der Waals surface area contributed by atoms with Gasteiger partial charge in [-0.25, -0.2) is 0 Å². The lowest BCUT2D eigenvalue weighted by atomic mass is 10.1. The maximum Gasteiger partial charge on any atom is 0.223 e. The molecule has 6 heteroatoms. The Bertz CT molecular complexity index is 414. The number of hydrogen-bond acceptors (Lipinski definition) is 6. The molecule has 19 heavy (non-hydrogen) atoms. The first-order chi connectivity index (χ1) is 9.08. The van der Waals surface area contributed by atoms with Gasteiger partial charge in [-0.3, -0.25) is 0 Å². The fourth-order valence-corrected chi connectivity index (χ4v) is 2.04. The SMILES string of the molecule is CNC1CN(c2cc(NCCC(C)C)nc(N)n2)C1. The molecule has 0 aromatic carbocycles. The molecule has 0 amide bonds. The molecule has 1 aromatic heterocycles. The highest BCUT2D eigenvalue weighted by Gasteiger charge is 2.26. The van der Waals surface area contributed by atoms with Gasteiger partial charge in [-0.15, -0.1) is 0 Å². The molecule has 0 unspecified atom stereocenters. The fraction of sp³-hybridized carbons (Fsp3) is 0.692. The summed E-state index contributed by atoms with van der Waals surface area (Å²) >= 11 is 0. The molecule has 0 atom stereocenters. The van der Waals surface area contributed by atoms with Crippen LogP contribution in [-0.2, 0) is 0 Å². The van der Waals surface area contributed by atoms with Gasteiger partial charge in [0.05, 0.1) is 0 Å². The largest absolute Gasteiger partial charge is 0.370 e. The Morgan fingerprint density at radius 1 is 1.42 bits per heavy atom. The normalized spacial score (nSPS) is 15.7. The monoisotopic (exact) mass is 264 g/mol. The van der Waals surface area contributed by atoms with Crippen LogP contribution in [0.3, 0.4) is 0 Å². The molecule has 106 valence electrons. The third kappa shape index (κ3) is 3.70. The summed E-state index contributed by atoms with van der Waals surface area (Å²) in [6.45, 7) is 7.27. The molecule has 0 spiro atoms. The zero-order valence-electron chi connectivity index (χ0n) is 12.0. The van der Waals surface area contributed by atoms with Gasteiger partial charge in [-0.2, -0.15) is 9.97 Å². The van der Waals surface area contributed by atoms with Crippen LogP contribution >= 0.6 is 0 Å². The predicted octanol–water partition coefficient (Wildman–Crippen LogP) is 0.925. The molecule has 1 aliphatic heterocycles. The average Bonchev–Trinajstić information content (AvgIpc) is 2.26. The van der Waals surface area contributed by atoms with Crippen LogP contribution in [0.1, 0.15) is 20.3 Å². The van der Waals surface area contributed by atoms with Crippen molar-refractivity contribution in [2.24, 2.45) is 5.92 Å². The minimum absolute atomic E-state index is 0.331. The van der Waals surface area contributed by atoms with Crippen molar-refractivity contribution < 1.29 is 0 Å². The van der Waals surface area contributed by atoms with Gasteiger partial charge in [-0.1, -0.05) is 13.8 Å². The standard InChI is InChI=1S/C13H24N6/c1-9(2)4-5-16-11-6-12(18-13(14)17-11)19-7-10(8-19)15-3/h6,9-10,15H,4-5,7-8H2,1-3H3,(H3,14,16,17,18). The number of rotatable bonds is 6. The Kier molecular flexibility index (Phi) is 4.42. The number of aromatic nitrogens is 2. The molecule has 1 saturated heterocycles. The van der Waals surface area contributed by atoms with E-state index in [-0.39, 0.29) is 0 Å². The van der Waals surface area contributed by atoms with E-state index < -0.39 is 0 Å². The predicted molar refractivity (Wildman–Crippen MR) is 79.4 cm³/mol. The van der Waals surface area contributed by atoms with Crippen LogP contribution < -0.4 is 21.3 Å². The first-order valence-corrected chi connectivity index (χ1v) is 6.89.